The minimum atomic E-state index is -0.740. The average molecular weight is 462 g/mol. The van der Waals surface area contributed by atoms with E-state index >= 15 is 0 Å². The van der Waals surface area contributed by atoms with E-state index in [1.807, 2.05) is 37.3 Å². The highest BCUT2D eigenvalue weighted by molar-refractivity contribution is 7.71. The smallest absolute Gasteiger partial charge is 0.338 e. The normalized spacial score (nSPS) is 11.8. The number of benzene rings is 2. The van der Waals surface area contributed by atoms with E-state index in [1.54, 1.807) is 10.6 Å². The van der Waals surface area contributed by atoms with Crippen LogP contribution in [0.2, 0.25) is 0 Å². The Balaban J connectivity index is 2.10. The summed E-state index contributed by atoms with van der Waals surface area (Å²) in [6.45, 7) is 1.89. The maximum Gasteiger partial charge on any atom is 0.338 e. The van der Waals surface area contributed by atoms with Gasteiger partial charge in [-0.25, -0.2) is 9.78 Å². The Morgan fingerprint density at radius 2 is 1.91 bits per heavy atom. The number of rotatable bonds is 5. The molecule has 0 saturated heterocycles. The van der Waals surface area contributed by atoms with Gasteiger partial charge in [-0.3, -0.25) is 24.5 Å². The summed E-state index contributed by atoms with van der Waals surface area (Å²) < 4.78 is 6.68. The molecule has 0 unspecified atom stereocenters. The van der Waals surface area contributed by atoms with Crippen LogP contribution < -0.4 is 5.56 Å². The van der Waals surface area contributed by atoms with Gasteiger partial charge in [0.1, 0.15) is 5.65 Å². The van der Waals surface area contributed by atoms with E-state index in [1.165, 1.54) is 31.4 Å². The number of nitrogens with one attached hydrogen (secondary N) is 1. The van der Waals surface area contributed by atoms with Crippen molar-refractivity contribution < 1.29 is 14.5 Å². The fourth-order valence-corrected chi connectivity index (χ4v) is 4.02. The van der Waals surface area contributed by atoms with Crippen LogP contribution in [0.3, 0.4) is 0 Å². The maximum atomic E-state index is 12.9. The molecular formula is C23H18N4O5S. The Hall–Kier alpha value is -4.18. The van der Waals surface area contributed by atoms with Crippen molar-refractivity contribution in [1.82, 2.24) is 14.5 Å². The Morgan fingerprint density at radius 3 is 2.58 bits per heavy atom. The Kier molecular flexibility index (Phi) is 5.84. The Labute approximate surface area is 192 Å². The van der Waals surface area contributed by atoms with Crippen molar-refractivity contribution in [3.63, 3.8) is 0 Å². The predicted molar refractivity (Wildman–Crippen MR) is 125 cm³/mol. The second kappa shape index (κ2) is 8.75. The fraction of sp³-hybridized carbons (Fsp3) is 0.130. The van der Waals surface area contributed by atoms with E-state index in [2.05, 4.69) is 9.97 Å². The molecule has 10 heteroatoms. The fourth-order valence-electron chi connectivity index (χ4n) is 3.68. The van der Waals surface area contributed by atoms with Gasteiger partial charge in [0.05, 0.1) is 34.7 Å². The molecule has 0 fully saturated rings. The van der Waals surface area contributed by atoms with Crippen molar-refractivity contribution in [2.45, 2.75) is 13.0 Å². The molecule has 0 aliphatic heterocycles. The molecule has 4 rings (SSSR count). The molecule has 1 atom stereocenters. The van der Waals surface area contributed by atoms with Gasteiger partial charge in [0.15, 0.2) is 4.77 Å². The molecule has 2 aromatic heterocycles. The number of hydrogen-bond donors (Lipinski definition) is 1. The number of nitro groups is 1. The molecule has 0 aliphatic carbocycles. The summed E-state index contributed by atoms with van der Waals surface area (Å²) >= 11 is 5.46. The summed E-state index contributed by atoms with van der Waals surface area (Å²) in [7, 11) is 1.21. The molecule has 2 heterocycles. The predicted octanol–water partition coefficient (Wildman–Crippen LogP) is 4.43. The summed E-state index contributed by atoms with van der Waals surface area (Å²) in [4.78, 5) is 43.5. The lowest BCUT2D eigenvalue weighted by Gasteiger charge is -2.20. The number of H-pyrrole nitrogens is 1. The van der Waals surface area contributed by atoms with E-state index in [9.17, 15) is 19.7 Å². The lowest BCUT2D eigenvalue weighted by molar-refractivity contribution is -0.384. The van der Waals surface area contributed by atoms with Gasteiger partial charge in [-0.15, -0.1) is 0 Å². The number of fused-ring (bicyclic) bond motifs is 1. The SMILES string of the molecule is COC(=O)c1cc(-c2cccc([N+](=O)[O-])c2)nc2c1c(=O)[nH]c(=S)n2[C@@H](C)c1ccccc1. The number of methoxy groups -OCH3 is 1. The summed E-state index contributed by atoms with van der Waals surface area (Å²) in [5.41, 5.74) is 1.02. The van der Waals surface area contributed by atoms with Gasteiger partial charge in [0.25, 0.3) is 11.2 Å². The summed E-state index contributed by atoms with van der Waals surface area (Å²) in [5.74, 6) is -0.740. The van der Waals surface area contributed by atoms with Gasteiger partial charge in [-0.1, -0.05) is 42.5 Å². The highest BCUT2D eigenvalue weighted by Crippen LogP contribution is 2.29. The molecule has 166 valence electrons. The Bertz CT molecular complexity index is 1510. The van der Waals surface area contributed by atoms with Crippen LogP contribution in [0.15, 0.2) is 65.5 Å². The number of aromatic amines is 1. The van der Waals surface area contributed by atoms with E-state index in [0.717, 1.165) is 5.56 Å². The highest BCUT2D eigenvalue weighted by atomic mass is 32.1. The second-order valence-corrected chi connectivity index (χ2v) is 7.66. The van der Waals surface area contributed by atoms with E-state index in [4.69, 9.17) is 17.0 Å². The standard InChI is InChI=1S/C23H18N4O5S/c1-13(14-7-4-3-5-8-14)26-20-19(21(28)25-23(26)33)17(22(29)32-2)12-18(24-20)15-9-6-10-16(11-15)27(30)31/h3-13H,1-2H3,(H,25,28,33)/t13-/m0/s1. The van der Waals surface area contributed by atoms with Gasteiger partial charge in [0, 0.05) is 17.7 Å². The van der Waals surface area contributed by atoms with Gasteiger partial charge in [-0.2, -0.15) is 0 Å². The third-order valence-corrected chi connectivity index (χ3v) is 5.62. The van der Waals surface area contributed by atoms with Crippen molar-refractivity contribution in [3.05, 3.63) is 97.0 Å². The number of non-ortho nitro benzene ring substituents is 1. The number of ether oxygens (including phenoxy) is 1. The number of carbonyl (C=O) groups excluding carboxylic acids is 1. The largest absolute Gasteiger partial charge is 0.465 e. The number of esters is 1. The summed E-state index contributed by atoms with van der Waals surface area (Å²) in [6.07, 6.45) is 0. The first-order valence-electron chi connectivity index (χ1n) is 9.89. The third kappa shape index (κ3) is 4.03. The van der Waals surface area contributed by atoms with E-state index in [0.29, 0.717) is 5.56 Å². The zero-order valence-electron chi connectivity index (χ0n) is 17.6. The number of nitrogens with zero attached hydrogens (tertiary/aromatic N) is 3. The van der Waals surface area contributed by atoms with Gasteiger partial charge in [-0.05, 0) is 30.8 Å². The number of aromatic nitrogens is 3. The summed E-state index contributed by atoms with van der Waals surface area (Å²) in [6, 6.07) is 16.4. The lowest BCUT2D eigenvalue weighted by Crippen LogP contribution is -2.21. The summed E-state index contributed by atoms with van der Waals surface area (Å²) in [5, 5.41) is 11.3. The van der Waals surface area contributed by atoms with Crippen LogP contribution in [0.5, 0.6) is 0 Å². The monoisotopic (exact) mass is 462 g/mol. The Morgan fingerprint density at radius 1 is 1.18 bits per heavy atom. The van der Waals surface area contributed by atoms with Crippen molar-refractivity contribution in [3.8, 4) is 11.3 Å². The minimum Gasteiger partial charge on any atom is -0.465 e. The molecule has 0 bridgehead atoms. The molecule has 0 amide bonds. The molecule has 0 saturated carbocycles. The first kappa shape index (κ1) is 22.0. The average Bonchev–Trinajstić information content (AvgIpc) is 2.83. The molecule has 1 N–H and O–H groups in total. The zero-order valence-corrected chi connectivity index (χ0v) is 18.5. The van der Waals surface area contributed by atoms with Crippen LogP contribution in [0.25, 0.3) is 22.3 Å². The quantitative estimate of drug-likeness (QED) is 0.202. The first-order chi connectivity index (χ1) is 15.8. The molecule has 0 radical (unpaired) electrons. The molecule has 33 heavy (non-hydrogen) atoms. The second-order valence-electron chi connectivity index (χ2n) is 7.27. The van der Waals surface area contributed by atoms with Crippen molar-refractivity contribution in [2.24, 2.45) is 0 Å². The van der Waals surface area contributed by atoms with Crippen LogP contribution in [-0.2, 0) is 4.74 Å². The molecule has 0 aliphatic rings. The molecule has 2 aromatic carbocycles. The zero-order chi connectivity index (χ0) is 23.7. The number of nitro benzene ring substituents is 1. The van der Waals surface area contributed by atoms with Gasteiger partial charge < -0.3 is 4.74 Å². The maximum absolute atomic E-state index is 12.9. The number of hydrogen-bond acceptors (Lipinski definition) is 7. The van der Waals surface area contributed by atoms with Crippen molar-refractivity contribution >= 4 is 34.9 Å². The molecule has 9 nitrogen and oxygen atoms in total. The topological polar surface area (TPSA) is 120 Å². The van der Waals surface area contributed by atoms with Gasteiger partial charge in [0.2, 0.25) is 0 Å². The molecule has 0 spiro atoms. The minimum absolute atomic E-state index is 0.0192. The van der Waals surface area contributed by atoms with E-state index < -0.39 is 16.5 Å². The van der Waals surface area contributed by atoms with Crippen LogP contribution in [0.1, 0.15) is 28.9 Å². The first-order valence-corrected chi connectivity index (χ1v) is 10.3. The molecule has 4 aromatic rings. The molecular weight excluding hydrogens is 444 g/mol. The van der Waals surface area contributed by atoms with Crippen molar-refractivity contribution in [2.75, 3.05) is 7.11 Å². The van der Waals surface area contributed by atoms with Crippen molar-refractivity contribution in [1.29, 1.82) is 0 Å². The number of carbonyl (C=O) groups is 1. The van der Waals surface area contributed by atoms with E-state index in [-0.39, 0.29) is 38.8 Å². The third-order valence-electron chi connectivity index (χ3n) is 5.32. The van der Waals surface area contributed by atoms with Crippen LogP contribution in [0.4, 0.5) is 5.69 Å². The number of pyridine rings is 1. The highest BCUT2D eigenvalue weighted by Gasteiger charge is 2.22. The van der Waals surface area contributed by atoms with Gasteiger partial charge >= 0.3 is 5.97 Å². The van der Waals surface area contributed by atoms with Crippen LogP contribution >= 0.6 is 12.2 Å². The van der Waals surface area contributed by atoms with Crippen LogP contribution in [0, 0.1) is 14.9 Å². The van der Waals surface area contributed by atoms with Crippen LogP contribution in [-0.4, -0.2) is 32.5 Å². The lowest BCUT2D eigenvalue weighted by atomic mass is 10.0.